The number of rotatable bonds is 0. The van der Waals surface area contributed by atoms with Crippen molar-refractivity contribution >= 4 is 0 Å². The molecule has 0 aromatic carbocycles. The second kappa shape index (κ2) is 1.03. The van der Waals surface area contributed by atoms with Gasteiger partial charge in [0, 0.05) is 6.04 Å². The first kappa shape index (κ1) is 3.53. The molecule has 1 heteroatoms. The highest BCUT2D eigenvalue weighted by Crippen LogP contribution is 2.28. The van der Waals surface area contributed by atoms with E-state index >= 15 is 0 Å². The fourth-order valence-corrected chi connectivity index (χ4v) is 1.39. The highest BCUT2D eigenvalue weighted by atomic mass is 14.9. The molecule has 1 heterocycles. The summed E-state index contributed by atoms with van der Waals surface area (Å²) >= 11 is 0. The van der Waals surface area contributed by atoms with E-state index in [1.54, 1.807) is 5.57 Å². The normalized spacial score (nSPS) is 35.4. The van der Waals surface area contributed by atoms with Crippen LogP contribution < -0.4 is 5.32 Å². The average molecular weight is 95.1 g/mol. The molecule has 0 saturated heterocycles. The van der Waals surface area contributed by atoms with Gasteiger partial charge in [0.2, 0.25) is 0 Å². The lowest BCUT2D eigenvalue weighted by atomic mass is 10.2. The standard InChI is InChI=1S/C6H9N/c1-2-6-3-5(1)4-7-6/h4,6-7H,1-3H2. The number of hydrogen-bond donors (Lipinski definition) is 1. The topological polar surface area (TPSA) is 12.0 Å². The molecule has 0 spiro atoms. The Bertz CT molecular complexity index is 115. The molecule has 1 nitrogen and oxygen atoms in total. The van der Waals surface area contributed by atoms with Gasteiger partial charge >= 0.3 is 0 Å². The Hall–Kier alpha value is -0.460. The van der Waals surface area contributed by atoms with Gasteiger partial charge in [-0.1, -0.05) is 5.57 Å². The molecular weight excluding hydrogens is 86.1 g/mol. The Morgan fingerprint density at radius 1 is 1.71 bits per heavy atom. The molecule has 0 radical (unpaired) electrons. The zero-order chi connectivity index (χ0) is 4.69. The predicted molar refractivity (Wildman–Crippen MR) is 28.9 cm³/mol. The minimum absolute atomic E-state index is 0.829. The Balaban J connectivity index is 2.30. The van der Waals surface area contributed by atoms with Crippen molar-refractivity contribution in [3.8, 4) is 0 Å². The third kappa shape index (κ3) is 0.379. The van der Waals surface area contributed by atoms with Crippen molar-refractivity contribution in [2.24, 2.45) is 0 Å². The maximum Gasteiger partial charge on any atom is 0.0296 e. The molecule has 1 fully saturated rings. The molecule has 1 saturated carbocycles. The molecule has 2 aliphatic rings. The van der Waals surface area contributed by atoms with Gasteiger partial charge in [-0.25, -0.2) is 0 Å². The molecule has 2 bridgehead atoms. The average Bonchev–Trinajstić information content (AvgIpc) is 2.22. The van der Waals surface area contributed by atoms with Gasteiger partial charge in [0.25, 0.3) is 0 Å². The van der Waals surface area contributed by atoms with Crippen LogP contribution >= 0.6 is 0 Å². The van der Waals surface area contributed by atoms with Crippen LogP contribution in [0, 0.1) is 0 Å². The monoisotopic (exact) mass is 95.1 g/mol. The minimum Gasteiger partial charge on any atom is -0.388 e. The van der Waals surface area contributed by atoms with E-state index in [0.29, 0.717) is 0 Å². The molecule has 0 aromatic heterocycles. The maximum absolute atomic E-state index is 3.29. The molecule has 0 amide bonds. The third-order valence-electron chi connectivity index (χ3n) is 1.85. The second-order valence-electron chi connectivity index (χ2n) is 2.41. The first-order valence-corrected chi connectivity index (χ1v) is 2.89. The summed E-state index contributed by atoms with van der Waals surface area (Å²) in [6, 6.07) is 0.829. The SMILES string of the molecule is C1=C2CCC(C2)N1. The van der Waals surface area contributed by atoms with Crippen LogP contribution in [0.15, 0.2) is 11.8 Å². The van der Waals surface area contributed by atoms with E-state index in [-0.39, 0.29) is 0 Å². The van der Waals surface area contributed by atoms with Crippen LogP contribution in [0.25, 0.3) is 0 Å². The summed E-state index contributed by atoms with van der Waals surface area (Å²) in [6.07, 6.45) is 6.25. The summed E-state index contributed by atoms with van der Waals surface area (Å²) in [4.78, 5) is 0. The molecule has 7 heavy (non-hydrogen) atoms. The lowest BCUT2D eigenvalue weighted by molar-refractivity contribution is 0.624. The zero-order valence-electron chi connectivity index (χ0n) is 4.28. The largest absolute Gasteiger partial charge is 0.388 e. The van der Waals surface area contributed by atoms with Crippen molar-refractivity contribution in [1.82, 2.24) is 5.32 Å². The molecule has 0 aromatic rings. The first-order valence-electron chi connectivity index (χ1n) is 2.89. The highest BCUT2D eigenvalue weighted by molar-refractivity contribution is 5.16. The minimum atomic E-state index is 0.829. The van der Waals surface area contributed by atoms with Crippen LogP contribution in [0.3, 0.4) is 0 Å². The van der Waals surface area contributed by atoms with E-state index < -0.39 is 0 Å². The van der Waals surface area contributed by atoms with Crippen LogP contribution in [0.5, 0.6) is 0 Å². The molecule has 38 valence electrons. The summed E-state index contributed by atoms with van der Waals surface area (Å²) in [5.41, 5.74) is 1.63. The number of hydrogen-bond acceptors (Lipinski definition) is 1. The third-order valence-corrected chi connectivity index (χ3v) is 1.85. The summed E-state index contributed by atoms with van der Waals surface area (Å²) in [5, 5.41) is 3.29. The first-order chi connectivity index (χ1) is 3.45. The van der Waals surface area contributed by atoms with Gasteiger partial charge in [-0.3, -0.25) is 0 Å². The van der Waals surface area contributed by atoms with E-state index in [1.165, 1.54) is 19.3 Å². The fraction of sp³-hybridized carbons (Fsp3) is 0.667. The van der Waals surface area contributed by atoms with Crippen LogP contribution in [0.2, 0.25) is 0 Å². The molecule has 1 aliphatic carbocycles. The van der Waals surface area contributed by atoms with E-state index in [0.717, 1.165) is 6.04 Å². The van der Waals surface area contributed by atoms with Gasteiger partial charge < -0.3 is 5.32 Å². The van der Waals surface area contributed by atoms with Crippen molar-refractivity contribution in [3.05, 3.63) is 11.8 Å². The molecule has 2 rings (SSSR count). The molecular formula is C6H9N. The molecule has 1 atom stereocenters. The van der Waals surface area contributed by atoms with E-state index in [9.17, 15) is 0 Å². The van der Waals surface area contributed by atoms with Crippen molar-refractivity contribution in [1.29, 1.82) is 0 Å². The van der Waals surface area contributed by atoms with Crippen molar-refractivity contribution < 1.29 is 0 Å². The van der Waals surface area contributed by atoms with Crippen molar-refractivity contribution in [3.63, 3.8) is 0 Å². The van der Waals surface area contributed by atoms with Crippen LogP contribution in [0.4, 0.5) is 0 Å². The van der Waals surface area contributed by atoms with Crippen molar-refractivity contribution in [2.45, 2.75) is 25.3 Å². The quantitative estimate of drug-likeness (QED) is 0.473. The van der Waals surface area contributed by atoms with Crippen LogP contribution in [-0.2, 0) is 0 Å². The second-order valence-corrected chi connectivity index (χ2v) is 2.41. The fourth-order valence-electron chi connectivity index (χ4n) is 1.39. The van der Waals surface area contributed by atoms with Gasteiger partial charge in [0.05, 0.1) is 0 Å². The summed E-state index contributed by atoms with van der Waals surface area (Å²) in [7, 11) is 0. The van der Waals surface area contributed by atoms with Gasteiger partial charge in [0.15, 0.2) is 0 Å². The van der Waals surface area contributed by atoms with Crippen LogP contribution in [0.1, 0.15) is 19.3 Å². The Morgan fingerprint density at radius 3 is 2.86 bits per heavy atom. The lowest BCUT2D eigenvalue weighted by Gasteiger charge is -2.03. The van der Waals surface area contributed by atoms with Crippen molar-refractivity contribution in [2.75, 3.05) is 0 Å². The van der Waals surface area contributed by atoms with E-state index in [4.69, 9.17) is 0 Å². The summed E-state index contributed by atoms with van der Waals surface area (Å²) < 4.78 is 0. The number of nitrogens with one attached hydrogen (secondary N) is 1. The van der Waals surface area contributed by atoms with Gasteiger partial charge in [0.1, 0.15) is 0 Å². The Kier molecular flexibility index (Phi) is 0.518. The highest BCUT2D eigenvalue weighted by Gasteiger charge is 2.22. The number of fused-ring (bicyclic) bond motifs is 2. The smallest absolute Gasteiger partial charge is 0.0296 e. The van der Waals surface area contributed by atoms with Gasteiger partial charge in [-0.2, -0.15) is 0 Å². The van der Waals surface area contributed by atoms with Gasteiger partial charge in [-0.15, -0.1) is 0 Å². The lowest BCUT2D eigenvalue weighted by Crippen LogP contribution is -2.16. The Labute approximate surface area is 43.4 Å². The van der Waals surface area contributed by atoms with Gasteiger partial charge in [-0.05, 0) is 25.5 Å². The molecule has 1 unspecified atom stereocenters. The summed E-state index contributed by atoms with van der Waals surface area (Å²) in [5.74, 6) is 0. The zero-order valence-corrected chi connectivity index (χ0v) is 4.28. The summed E-state index contributed by atoms with van der Waals surface area (Å²) in [6.45, 7) is 0. The maximum atomic E-state index is 3.29. The predicted octanol–water partition coefficient (Wildman–Crippen LogP) is 1.03. The molecule has 1 aliphatic heterocycles. The van der Waals surface area contributed by atoms with E-state index in [1.807, 2.05) is 0 Å². The molecule has 1 N–H and O–H groups in total. The Morgan fingerprint density at radius 2 is 2.71 bits per heavy atom. The van der Waals surface area contributed by atoms with E-state index in [2.05, 4.69) is 11.5 Å². The van der Waals surface area contributed by atoms with Crippen LogP contribution in [-0.4, -0.2) is 6.04 Å².